The molecule has 4 bridgehead atoms. The van der Waals surface area contributed by atoms with E-state index in [1.807, 2.05) is 51.2 Å². The Morgan fingerprint density at radius 1 is 0.879 bits per heavy atom. The van der Waals surface area contributed by atoms with Crippen molar-refractivity contribution < 1.29 is 62.4 Å². The first-order valence-electron chi connectivity index (χ1n) is 24.2. The fourth-order valence-corrected chi connectivity index (χ4v) is 12.8. The van der Waals surface area contributed by atoms with E-state index in [4.69, 9.17) is 23.7 Å². The molecule has 4 fully saturated rings. The average Bonchev–Trinajstić information content (AvgIpc) is 3.29. The fourth-order valence-electron chi connectivity index (χ4n) is 11.4. The molecule has 5 aliphatic rings. The lowest BCUT2D eigenvalue weighted by molar-refractivity contribution is -0.266. The zero-order valence-corrected chi connectivity index (χ0v) is 41.9. The van der Waals surface area contributed by atoms with Crippen molar-refractivity contribution in [3.05, 3.63) is 47.6 Å². The summed E-state index contributed by atoms with van der Waals surface area (Å²) in [7, 11) is 2.72. The van der Waals surface area contributed by atoms with Crippen LogP contribution in [0.25, 0.3) is 0 Å². The van der Waals surface area contributed by atoms with Crippen LogP contribution in [-0.4, -0.2) is 133 Å². The molecular formula is C51H78NO13P. The molecule has 1 aliphatic carbocycles. The Morgan fingerprint density at radius 3 is 2.27 bits per heavy atom. The first-order valence-corrected chi connectivity index (χ1v) is 26.2. The number of piperidine rings is 1. The summed E-state index contributed by atoms with van der Waals surface area (Å²) in [5, 5.41) is 23.5. The molecule has 4 heterocycles. The van der Waals surface area contributed by atoms with Crippen LogP contribution in [0.1, 0.15) is 112 Å². The number of hydrogen-bond donors (Lipinski definition) is 2. The van der Waals surface area contributed by atoms with E-state index in [2.05, 4.69) is 0 Å². The highest BCUT2D eigenvalue weighted by molar-refractivity contribution is 7.44. The van der Waals surface area contributed by atoms with E-state index in [0.29, 0.717) is 63.4 Å². The first-order chi connectivity index (χ1) is 31.2. The van der Waals surface area contributed by atoms with Gasteiger partial charge < -0.3 is 43.4 Å². The number of ether oxygens (including phenoxy) is 5. The lowest BCUT2D eigenvalue weighted by Crippen LogP contribution is -2.65. The molecule has 14 nitrogen and oxygen atoms in total. The molecule has 0 radical (unpaired) electrons. The van der Waals surface area contributed by atoms with Gasteiger partial charge in [0, 0.05) is 70.0 Å². The van der Waals surface area contributed by atoms with E-state index in [1.165, 1.54) is 12.0 Å². The fraction of sp³-hybridized carbons (Fsp3) is 0.745. The molecule has 1 saturated carbocycles. The number of esters is 1. The van der Waals surface area contributed by atoms with Crippen LogP contribution in [0, 0.1) is 41.4 Å². The van der Waals surface area contributed by atoms with Gasteiger partial charge in [-0.05, 0) is 107 Å². The third-order valence-corrected chi connectivity index (χ3v) is 17.2. The summed E-state index contributed by atoms with van der Waals surface area (Å²) in [6.45, 7) is 12.6. The molecule has 11 unspecified atom stereocenters. The topological polar surface area (TPSA) is 192 Å². The second-order valence-electron chi connectivity index (χ2n) is 20.2. The van der Waals surface area contributed by atoms with E-state index in [0.717, 1.165) is 12.0 Å². The molecule has 15 heteroatoms. The zero-order valence-electron chi connectivity index (χ0n) is 40.9. The Labute approximate surface area is 393 Å². The first kappa shape index (κ1) is 53.8. The van der Waals surface area contributed by atoms with E-state index in [1.54, 1.807) is 47.7 Å². The van der Waals surface area contributed by atoms with Gasteiger partial charge in [-0.2, -0.15) is 0 Å². The van der Waals surface area contributed by atoms with E-state index >= 15 is 0 Å². The highest BCUT2D eigenvalue weighted by Gasteiger charge is 2.57. The molecule has 3 saturated heterocycles. The summed E-state index contributed by atoms with van der Waals surface area (Å²) in [5.41, 5.74) is 1.23. The number of hydrogen-bond acceptors (Lipinski definition) is 13. The number of amides is 1. The van der Waals surface area contributed by atoms with Crippen molar-refractivity contribution in [3.8, 4) is 0 Å². The van der Waals surface area contributed by atoms with Crippen LogP contribution in [0.4, 0.5) is 0 Å². The number of Topliss-reactive ketones (excluding diaryl/α,β-unsaturated/α-hetero) is 3. The maximum atomic E-state index is 14.5. The molecule has 1 amide bonds. The second-order valence-corrected chi connectivity index (χ2v) is 22.1. The van der Waals surface area contributed by atoms with Crippen molar-refractivity contribution in [2.45, 2.75) is 166 Å². The van der Waals surface area contributed by atoms with Crippen LogP contribution < -0.4 is 0 Å². The Hall–Kier alpha value is -3.10. The molecule has 4 aliphatic heterocycles. The molecular weight excluding hydrogens is 866 g/mol. The molecule has 5 rings (SSSR count). The SMILES string of the molecule is COC1CC(CC2[C@H]3CCCN4C(=O)C(=O)C5(O)O[C@@H](CCC5C)C[C@H](OC)/C(C)=C/C=C/C=C/[C@@H](C)CC(C)C(=O)[C@H](OC)C(O)/C(C)=C/C(C)C(=O)C[C@@H]2OC(=O)C34)CCC1[PH](C)=O. The minimum absolute atomic E-state index is 0.0213. The van der Waals surface area contributed by atoms with Gasteiger partial charge in [0.2, 0.25) is 5.79 Å². The summed E-state index contributed by atoms with van der Waals surface area (Å²) >= 11 is 0. The number of allylic oxidation sites excluding steroid dienone is 6. The van der Waals surface area contributed by atoms with Crippen LogP contribution in [0.3, 0.4) is 0 Å². The summed E-state index contributed by atoms with van der Waals surface area (Å²) in [6.07, 6.45) is 12.0. The largest absolute Gasteiger partial charge is 0.460 e. The number of nitrogens with zero attached hydrogens (tertiary/aromatic N) is 1. The number of aliphatic hydroxyl groups is 2. The van der Waals surface area contributed by atoms with Crippen LogP contribution in [0.2, 0.25) is 0 Å². The second kappa shape index (κ2) is 24.0. The van der Waals surface area contributed by atoms with E-state index in [-0.39, 0.29) is 54.0 Å². The van der Waals surface area contributed by atoms with Crippen LogP contribution in [0.15, 0.2) is 47.6 Å². The smallest absolute Gasteiger partial charge is 0.329 e. The van der Waals surface area contributed by atoms with Gasteiger partial charge in [-0.1, -0.05) is 64.2 Å². The van der Waals surface area contributed by atoms with Crippen molar-refractivity contribution in [2.75, 3.05) is 34.5 Å². The number of carbonyl (C=O) groups excluding carboxylic acids is 5. The Balaban J connectivity index is 1.51. The quantitative estimate of drug-likeness (QED) is 0.126. The van der Waals surface area contributed by atoms with Crippen LogP contribution in [0.5, 0.6) is 0 Å². The average molecular weight is 944 g/mol. The number of methoxy groups -OCH3 is 3. The van der Waals surface area contributed by atoms with Gasteiger partial charge in [-0.25, -0.2) is 4.79 Å². The minimum atomic E-state index is -2.44. The normalized spacial score (nSPS) is 42.7. The Bertz CT molecular complexity index is 1890. The maximum Gasteiger partial charge on any atom is 0.329 e. The van der Waals surface area contributed by atoms with Gasteiger partial charge in [-0.15, -0.1) is 0 Å². The number of carbonyl (C=O) groups is 5. The summed E-state index contributed by atoms with van der Waals surface area (Å²) in [5.74, 6) is -8.40. The lowest BCUT2D eigenvalue weighted by atomic mass is 9.68. The molecule has 66 heavy (non-hydrogen) atoms. The van der Waals surface area contributed by atoms with Crippen LogP contribution in [-0.2, 0) is 52.2 Å². The molecule has 0 spiro atoms. The molecule has 370 valence electrons. The number of aliphatic hydroxyl groups excluding tert-OH is 1. The molecule has 0 aromatic rings. The van der Waals surface area contributed by atoms with Gasteiger partial charge in [0.25, 0.3) is 11.7 Å². The van der Waals surface area contributed by atoms with Crippen molar-refractivity contribution in [3.63, 3.8) is 0 Å². The monoisotopic (exact) mass is 944 g/mol. The van der Waals surface area contributed by atoms with Crippen molar-refractivity contribution >= 4 is 37.0 Å². The number of fused-ring (bicyclic) bond motifs is 4. The molecule has 0 aromatic heterocycles. The number of ketones is 3. The van der Waals surface area contributed by atoms with Crippen LogP contribution >= 0.6 is 7.80 Å². The lowest BCUT2D eigenvalue weighted by Gasteiger charge is -2.50. The standard InChI is InChI=1S/C51H78NO13P/c1-29-15-12-11-13-16-30(2)40(61-7)27-36-20-18-34(6)51(59,65-36)48(56)49(57)52-22-14-17-37-38(25-35-19-21-43(66(10)60)42(26-35)62-8)41(64-50(58)44(37)52)28-39(53)31(3)24-33(5)46(55)47(63-9)45(54)32(4)23-29/h11-13,15-16,24,29,31-32,34-38,40-44,46-47,55,59,66H,14,17-23,25-28H2,1-10H3/b13-11+,15-12+,30-16+,33-24+/t29-,31?,32?,34?,35?,36+,37-,38?,40+,41+,42?,43?,44?,46?,47+,51?/m1/s1. The minimum Gasteiger partial charge on any atom is -0.460 e. The van der Waals surface area contributed by atoms with Crippen molar-refractivity contribution in [2.24, 2.45) is 41.4 Å². The van der Waals surface area contributed by atoms with E-state index < -0.39 is 91.5 Å². The maximum absolute atomic E-state index is 14.5. The number of rotatable bonds is 6. The predicted molar refractivity (Wildman–Crippen MR) is 251 cm³/mol. The van der Waals surface area contributed by atoms with Crippen molar-refractivity contribution in [1.29, 1.82) is 0 Å². The summed E-state index contributed by atoms with van der Waals surface area (Å²) < 4.78 is 42.4. The Morgan fingerprint density at radius 2 is 1.61 bits per heavy atom. The third-order valence-electron chi connectivity index (χ3n) is 15.5. The molecule has 2 N–H and O–H groups in total. The third kappa shape index (κ3) is 12.6. The van der Waals surface area contributed by atoms with Gasteiger partial charge in [0.05, 0.1) is 26.1 Å². The zero-order chi connectivity index (χ0) is 48.6. The highest BCUT2D eigenvalue weighted by atomic mass is 31.1. The van der Waals surface area contributed by atoms with Gasteiger partial charge in [0.15, 0.2) is 5.78 Å². The van der Waals surface area contributed by atoms with Crippen molar-refractivity contribution in [1.82, 2.24) is 4.90 Å². The van der Waals surface area contributed by atoms with Gasteiger partial charge in [0.1, 0.15) is 30.1 Å². The van der Waals surface area contributed by atoms with E-state index in [9.17, 15) is 38.8 Å². The predicted octanol–water partition coefficient (Wildman–Crippen LogP) is 6.60. The van der Waals surface area contributed by atoms with Gasteiger partial charge in [-0.3, -0.25) is 19.2 Å². The summed E-state index contributed by atoms with van der Waals surface area (Å²) in [4.78, 5) is 72.4. The summed E-state index contributed by atoms with van der Waals surface area (Å²) in [6, 6.07) is -1.13. The highest BCUT2D eigenvalue weighted by Crippen LogP contribution is 2.47. The molecule has 0 aromatic carbocycles. The molecule has 17 atom stereocenters. The Kier molecular flexibility index (Phi) is 19.5. The van der Waals surface area contributed by atoms with Gasteiger partial charge >= 0.3 is 5.97 Å².